The van der Waals surface area contributed by atoms with E-state index >= 15 is 0 Å². The van der Waals surface area contributed by atoms with Gasteiger partial charge in [0.05, 0.1) is 18.6 Å². The SMILES string of the molecule is CCc1ccc(CC(NN)c2ccoc2)nc1. The number of nitrogens with one attached hydrogen (secondary N) is 1. The van der Waals surface area contributed by atoms with Crippen molar-refractivity contribution in [3.05, 3.63) is 53.7 Å². The molecule has 2 rings (SSSR count). The van der Waals surface area contributed by atoms with Crippen molar-refractivity contribution in [2.45, 2.75) is 25.8 Å². The van der Waals surface area contributed by atoms with E-state index in [4.69, 9.17) is 10.3 Å². The van der Waals surface area contributed by atoms with Gasteiger partial charge in [0.1, 0.15) is 0 Å². The van der Waals surface area contributed by atoms with E-state index in [1.165, 1.54) is 5.56 Å². The Bertz CT molecular complexity index is 436. The van der Waals surface area contributed by atoms with Gasteiger partial charge in [-0.3, -0.25) is 16.3 Å². The summed E-state index contributed by atoms with van der Waals surface area (Å²) in [6.07, 6.45) is 7.02. The molecular formula is C13H17N3O. The minimum absolute atomic E-state index is 0.0359. The minimum Gasteiger partial charge on any atom is -0.472 e. The summed E-state index contributed by atoms with van der Waals surface area (Å²) in [5.41, 5.74) is 6.08. The zero-order valence-corrected chi connectivity index (χ0v) is 9.89. The maximum absolute atomic E-state index is 5.55. The first-order valence-corrected chi connectivity index (χ1v) is 5.75. The molecule has 0 fully saturated rings. The van der Waals surface area contributed by atoms with Crippen molar-refractivity contribution < 1.29 is 4.42 Å². The Morgan fingerprint density at radius 3 is 2.82 bits per heavy atom. The van der Waals surface area contributed by atoms with Crippen LogP contribution in [0.2, 0.25) is 0 Å². The Morgan fingerprint density at radius 1 is 1.41 bits per heavy atom. The standard InChI is InChI=1S/C13H17N3O/c1-2-10-3-4-12(15-8-10)7-13(16-14)11-5-6-17-9-11/h3-6,8-9,13,16H,2,7,14H2,1H3. The molecule has 2 aromatic rings. The van der Waals surface area contributed by atoms with Gasteiger partial charge in [-0.2, -0.15) is 0 Å². The third kappa shape index (κ3) is 2.93. The first-order chi connectivity index (χ1) is 8.33. The Labute approximate surface area is 101 Å². The Hall–Kier alpha value is -1.65. The van der Waals surface area contributed by atoms with Gasteiger partial charge in [0, 0.05) is 23.9 Å². The fraction of sp³-hybridized carbons (Fsp3) is 0.308. The predicted octanol–water partition coefficient (Wildman–Crippen LogP) is 1.98. The van der Waals surface area contributed by atoms with Gasteiger partial charge in [-0.1, -0.05) is 13.0 Å². The second kappa shape index (κ2) is 5.61. The van der Waals surface area contributed by atoms with E-state index in [2.05, 4.69) is 23.4 Å². The summed E-state index contributed by atoms with van der Waals surface area (Å²) in [6, 6.07) is 6.09. The summed E-state index contributed by atoms with van der Waals surface area (Å²) < 4.78 is 5.06. The van der Waals surface area contributed by atoms with Crippen LogP contribution in [-0.4, -0.2) is 4.98 Å². The number of aromatic nitrogens is 1. The zero-order chi connectivity index (χ0) is 12.1. The van der Waals surface area contributed by atoms with E-state index < -0.39 is 0 Å². The van der Waals surface area contributed by atoms with Crippen LogP contribution in [0.3, 0.4) is 0 Å². The van der Waals surface area contributed by atoms with Crippen molar-refractivity contribution in [3.63, 3.8) is 0 Å². The predicted molar refractivity (Wildman–Crippen MR) is 66.1 cm³/mol. The molecule has 3 N–H and O–H groups in total. The molecule has 0 radical (unpaired) electrons. The molecule has 4 heteroatoms. The second-order valence-corrected chi connectivity index (χ2v) is 3.99. The number of hydrogen-bond acceptors (Lipinski definition) is 4. The summed E-state index contributed by atoms with van der Waals surface area (Å²) in [5, 5.41) is 0. The molecule has 0 amide bonds. The fourth-order valence-corrected chi connectivity index (χ4v) is 1.74. The molecule has 0 aromatic carbocycles. The van der Waals surface area contributed by atoms with Gasteiger partial charge in [-0.05, 0) is 24.1 Å². The second-order valence-electron chi connectivity index (χ2n) is 3.99. The summed E-state index contributed by atoms with van der Waals surface area (Å²) in [5.74, 6) is 5.55. The molecule has 0 aliphatic heterocycles. The Balaban J connectivity index is 2.07. The van der Waals surface area contributed by atoms with Crippen molar-refractivity contribution in [3.8, 4) is 0 Å². The monoisotopic (exact) mass is 231 g/mol. The number of hydrogen-bond donors (Lipinski definition) is 2. The normalized spacial score (nSPS) is 12.6. The third-order valence-corrected chi connectivity index (χ3v) is 2.85. The first kappa shape index (κ1) is 11.8. The Kier molecular flexibility index (Phi) is 3.90. The van der Waals surface area contributed by atoms with Gasteiger partial charge < -0.3 is 4.42 Å². The minimum atomic E-state index is 0.0359. The van der Waals surface area contributed by atoms with Crippen molar-refractivity contribution in [1.29, 1.82) is 0 Å². The molecule has 1 unspecified atom stereocenters. The van der Waals surface area contributed by atoms with E-state index in [-0.39, 0.29) is 6.04 Å². The van der Waals surface area contributed by atoms with Crippen LogP contribution < -0.4 is 11.3 Å². The molecule has 2 aromatic heterocycles. The van der Waals surface area contributed by atoms with Gasteiger partial charge in [0.2, 0.25) is 0 Å². The first-order valence-electron chi connectivity index (χ1n) is 5.75. The third-order valence-electron chi connectivity index (χ3n) is 2.85. The summed E-state index contributed by atoms with van der Waals surface area (Å²) in [4.78, 5) is 4.42. The van der Waals surface area contributed by atoms with E-state index in [1.807, 2.05) is 18.3 Å². The summed E-state index contributed by atoms with van der Waals surface area (Å²) >= 11 is 0. The number of rotatable bonds is 5. The lowest BCUT2D eigenvalue weighted by Crippen LogP contribution is -2.29. The van der Waals surface area contributed by atoms with Crippen LogP contribution in [0.5, 0.6) is 0 Å². The van der Waals surface area contributed by atoms with Gasteiger partial charge >= 0.3 is 0 Å². The lowest BCUT2D eigenvalue weighted by Gasteiger charge is -2.13. The molecule has 0 saturated carbocycles. The topological polar surface area (TPSA) is 64.1 Å². The molecule has 1 atom stereocenters. The number of nitrogens with two attached hydrogens (primary N) is 1. The number of pyridine rings is 1. The molecule has 0 saturated heterocycles. The fourth-order valence-electron chi connectivity index (χ4n) is 1.74. The average molecular weight is 231 g/mol. The van der Waals surface area contributed by atoms with E-state index in [9.17, 15) is 0 Å². The maximum Gasteiger partial charge on any atom is 0.0951 e. The molecular weight excluding hydrogens is 214 g/mol. The highest BCUT2D eigenvalue weighted by Crippen LogP contribution is 2.17. The average Bonchev–Trinajstić information content (AvgIpc) is 2.90. The smallest absolute Gasteiger partial charge is 0.0951 e. The molecule has 0 bridgehead atoms. The zero-order valence-electron chi connectivity index (χ0n) is 9.89. The Morgan fingerprint density at radius 2 is 2.29 bits per heavy atom. The van der Waals surface area contributed by atoms with Crippen molar-refractivity contribution >= 4 is 0 Å². The van der Waals surface area contributed by atoms with Crippen LogP contribution in [0.15, 0.2) is 41.3 Å². The van der Waals surface area contributed by atoms with Crippen molar-refractivity contribution in [2.75, 3.05) is 0 Å². The van der Waals surface area contributed by atoms with Gasteiger partial charge in [0.15, 0.2) is 0 Å². The number of hydrazine groups is 1. The lowest BCUT2D eigenvalue weighted by atomic mass is 10.0. The van der Waals surface area contributed by atoms with Crippen LogP contribution in [0.1, 0.15) is 29.8 Å². The van der Waals surface area contributed by atoms with Crippen molar-refractivity contribution in [2.24, 2.45) is 5.84 Å². The van der Waals surface area contributed by atoms with E-state index in [1.54, 1.807) is 12.5 Å². The molecule has 2 heterocycles. The molecule has 90 valence electrons. The highest BCUT2D eigenvalue weighted by Gasteiger charge is 2.12. The van der Waals surface area contributed by atoms with Gasteiger partial charge in [-0.25, -0.2) is 0 Å². The van der Waals surface area contributed by atoms with E-state index in [0.29, 0.717) is 0 Å². The summed E-state index contributed by atoms with van der Waals surface area (Å²) in [7, 11) is 0. The van der Waals surface area contributed by atoms with Gasteiger partial charge in [0.25, 0.3) is 0 Å². The lowest BCUT2D eigenvalue weighted by molar-refractivity contribution is 0.522. The number of aryl methyl sites for hydroxylation is 1. The number of nitrogens with zero attached hydrogens (tertiary/aromatic N) is 1. The highest BCUT2D eigenvalue weighted by atomic mass is 16.3. The molecule has 0 spiro atoms. The highest BCUT2D eigenvalue weighted by molar-refractivity contribution is 5.18. The van der Waals surface area contributed by atoms with Gasteiger partial charge in [-0.15, -0.1) is 0 Å². The van der Waals surface area contributed by atoms with E-state index in [0.717, 1.165) is 24.1 Å². The molecule has 0 aliphatic carbocycles. The number of furan rings is 1. The van der Waals surface area contributed by atoms with Crippen LogP contribution in [-0.2, 0) is 12.8 Å². The van der Waals surface area contributed by atoms with Crippen LogP contribution in [0.4, 0.5) is 0 Å². The molecule has 17 heavy (non-hydrogen) atoms. The molecule has 4 nitrogen and oxygen atoms in total. The van der Waals surface area contributed by atoms with Crippen molar-refractivity contribution in [1.82, 2.24) is 10.4 Å². The van der Waals surface area contributed by atoms with Crippen LogP contribution in [0, 0.1) is 0 Å². The van der Waals surface area contributed by atoms with Crippen LogP contribution in [0.25, 0.3) is 0 Å². The largest absolute Gasteiger partial charge is 0.472 e. The molecule has 0 aliphatic rings. The maximum atomic E-state index is 5.55. The quantitative estimate of drug-likeness (QED) is 0.610. The summed E-state index contributed by atoms with van der Waals surface area (Å²) in [6.45, 7) is 2.12. The van der Waals surface area contributed by atoms with Crippen LogP contribution >= 0.6 is 0 Å².